The van der Waals surface area contributed by atoms with Gasteiger partial charge in [0.05, 0.1) is 4.91 Å². The van der Waals surface area contributed by atoms with Crippen molar-refractivity contribution in [3.63, 3.8) is 0 Å². The van der Waals surface area contributed by atoms with Crippen LogP contribution in [0.1, 0.15) is 41.6 Å². The van der Waals surface area contributed by atoms with Crippen molar-refractivity contribution >= 4 is 69.4 Å². The van der Waals surface area contributed by atoms with E-state index in [0.29, 0.717) is 39.3 Å². The largest absolute Gasteiger partial charge is 0.507 e. The summed E-state index contributed by atoms with van der Waals surface area (Å²) in [6, 6.07) is 11.1. The lowest BCUT2D eigenvalue weighted by Gasteiger charge is -2.14. The van der Waals surface area contributed by atoms with E-state index in [9.17, 15) is 19.5 Å². The van der Waals surface area contributed by atoms with Gasteiger partial charge in [0.25, 0.3) is 5.91 Å². The molecule has 0 saturated carbocycles. The lowest BCUT2D eigenvalue weighted by atomic mass is 10.1. The van der Waals surface area contributed by atoms with E-state index in [4.69, 9.17) is 28.9 Å². The van der Waals surface area contributed by atoms with Gasteiger partial charge in [0, 0.05) is 29.7 Å². The van der Waals surface area contributed by atoms with Crippen molar-refractivity contribution in [2.45, 2.75) is 25.7 Å². The van der Waals surface area contributed by atoms with Gasteiger partial charge < -0.3 is 15.5 Å². The summed E-state index contributed by atoms with van der Waals surface area (Å²) >= 11 is 12.5. The summed E-state index contributed by atoms with van der Waals surface area (Å²) in [7, 11) is 0. The number of nitrogens with zero attached hydrogens (tertiary/aromatic N) is 1. The minimum atomic E-state index is -1.24. The number of aromatic carboxylic acids is 1. The zero-order valence-electron chi connectivity index (χ0n) is 17.4. The number of anilines is 1. The van der Waals surface area contributed by atoms with Crippen LogP contribution in [0.15, 0.2) is 47.4 Å². The Hall–Kier alpha value is -2.88. The van der Waals surface area contributed by atoms with Crippen LogP contribution in [0.4, 0.5) is 5.69 Å². The topological polar surface area (TPSA) is 107 Å². The Kier molecular flexibility index (Phi) is 8.49. The summed E-state index contributed by atoms with van der Waals surface area (Å²) in [5.41, 5.74) is 0.969. The summed E-state index contributed by atoms with van der Waals surface area (Å²) in [4.78, 5) is 37.8. The molecule has 0 aliphatic carbocycles. The van der Waals surface area contributed by atoms with Crippen LogP contribution in [-0.2, 0) is 9.59 Å². The van der Waals surface area contributed by atoms with Crippen LogP contribution in [0, 0.1) is 0 Å². The highest BCUT2D eigenvalue weighted by molar-refractivity contribution is 8.26. The highest BCUT2D eigenvalue weighted by atomic mass is 35.5. The average Bonchev–Trinajstić information content (AvgIpc) is 3.02. The Morgan fingerprint density at radius 1 is 1.12 bits per heavy atom. The molecule has 0 radical (unpaired) electrons. The fourth-order valence-corrected chi connectivity index (χ4v) is 4.58. The Bertz CT molecular complexity index is 1120. The first-order chi connectivity index (χ1) is 15.7. The second-order valence-corrected chi connectivity index (χ2v) is 9.39. The molecule has 2 amide bonds. The number of carbonyl (C=O) groups excluding carboxylic acids is 2. The van der Waals surface area contributed by atoms with Crippen LogP contribution >= 0.6 is 35.6 Å². The maximum absolute atomic E-state index is 12.7. The van der Waals surface area contributed by atoms with E-state index in [1.807, 2.05) is 12.1 Å². The monoisotopic (exact) mass is 504 g/mol. The number of halogens is 1. The number of hydrogen-bond donors (Lipinski definition) is 3. The third kappa shape index (κ3) is 6.80. The van der Waals surface area contributed by atoms with Crippen LogP contribution in [0.25, 0.3) is 6.08 Å². The lowest BCUT2D eigenvalue weighted by molar-refractivity contribution is -0.122. The number of rotatable bonds is 9. The van der Waals surface area contributed by atoms with E-state index in [2.05, 4.69) is 5.32 Å². The fourth-order valence-electron chi connectivity index (χ4n) is 3.15. The molecule has 1 aliphatic rings. The average molecular weight is 505 g/mol. The molecule has 3 rings (SSSR count). The highest BCUT2D eigenvalue weighted by Crippen LogP contribution is 2.33. The fraction of sp³-hybridized carbons (Fsp3) is 0.217. The van der Waals surface area contributed by atoms with E-state index in [0.717, 1.165) is 12.0 Å². The molecule has 3 N–H and O–H groups in total. The summed E-state index contributed by atoms with van der Waals surface area (Å²) in [6.45, 7) is 0.481. The van der Waals surface area contributed by atoms with Gasteiger partial charge in [0.15, 0.2) is 0 Å². The molecule has 0 unspecified atom stereocenters. The number of phenols is 1. The molecule has 0 bridgehead atoms. The van der Waals surface area contributed by atoms with Crippen LogP contribution < -0.4 is 5.32 Å². The van der Waals surface area contributed by atoms with Gasteiger partial charge >= 0.3 is 5.97 Å². The van der Waals surface area contributed by atoms with E-state index < -0.39 is 11.7 Å². The molecular weight excluding hydrogens is 484 g/mol. The maximum atomic E-state index is 12.7. The number of carboxylic acid groups (broad SMARTS) is 1. The summed E-state index contributed by atoms with van der Waals surface area (Å²) in [5.74, 6) is -2.02. The number of hydrogen-bond acceptors (Lipinski definition) is 6. The number of carbonyl (C=O) groups is 3. The van der Waals surface area contributed by atoms with Crippen molar-refractivity contribution in [3.05, 3.63) is 63.5 Å². The smallest absolute Gasteiger partial charge is 0.339 e. The summed E-state index contributed by atoms with van der Waals surface area (Å²) in [5, 5.41) is 21.9. The second kappa shape index (κ2) is 11.3. The van der Waals surface area contributed by atoms with Crippen LogP contribution in [0.5, 0.6) is 5.75 Å². The van der Waals surface area contributed by atoms with Gasteiger partial charge in [-0.25, -0.2) is 4.79 Å². The first-order valence-electron chi connectivity index (χ1n) is 10.1. The van der Waals surface area contributed by atoms with Crippen LogP contribution in [0.2, 0.25) is 5.02 Å². The molecular formula is C23H21ClN2O5S2. The number of thiocarbonyl (C=S) groups is 1. The van der Waals surface area contributed by atoms with Gasteiger partial charge in [-0.05, 0) is 48.7 Å². The number of amides is 2. The van der Waals surface area contributed by atoms with Crippen molar-refractivity contribution in [1.29, 1.82) is 0 Å². The molecule has 2 aromatic rings. The summed E-state index contributed by atoms with van der Waals surface area (Å²) in [6.07, 6.45) is 4.09. The molecule has 0 aromatic heterocycles. The SMILES string of the molecule is O=C(CCCCCN1C(=O)C(=Cc2ccc(Cl)cc2)SC1=S)Nc1ccc(C(=O)O)c(O)c1. The Morgan fingerprint density at radius 2 is 1.85 bits per heavy atom. The predicted molar refractivity (Wildman–Crippen MR) is 133 cm³/mol. The van der Waals surface area contributed by atoms with Crippen molar-refractivity contribution < 1.29 is 24.6 Å². The van der Waals surface area contributed by atoms with Crippen molar-refractivity contribution in [2.24, 2.45) is 0 Å². The predicted octanol–water partition coefficient (Wildman–Crippen LogP) is 5.14. The zero-order chi connectivity index (χ0) is 24.0. The van der Waals surface area contributed by atoms with Gasteiger partial charge in [-0.2, -0.15) is 0 Å². The van der Waals surface area contributed by atoms with Crippen molar-refractivity contribution in [1.82, 2.24) is 4.90 Å². The minimum Gasteiger partial charge on any atom is -0.507 e. The minimum absolute atomic E-state index is 0.123. The molecule has 1 saturated heterocycles. The number of unbranched alkanes of at least 4 members (excludes halogenated alkanes) is 2. The Balaban J connectivity index is 1.41. The quantitative estimate of drug-likeness (QED) is 0.246. The third-order valence-corrected chi connectivity index (χ3v) is 6.47. The molecule has 10 heteroatoms. The van der Waals surface area contributed by atoms with Gasteiger partial charge in [-0.15, -0.1) is 0 Å². The van der Waals surface area contributed by atoms with E-state index in [1.54, 1.807) is 23.1 Å². The van der Waals surface area contributed by atoms with Crippen molar-refractivity contribution in [2.75, 3.05) is 11.9 Å². The normalized spacial score (nSPS) is 14.7. The van der Waals surface area contributed by atoms with Crippen molar-refractivity contribution in [3.8, 4) is 5.75 Å². The standard InChI is InChI=1S/C23H21ClN2O5S2/c24-15-7-5-14(6-8-15)12-19-21(29)26(23(32)33-19)11-3-1-2-4-20(28)25-16-9-10-17(22(30)31)18(27)13-16/h5-10,12-13,27H,1-4,11H2,(H,25,28)(H,30,31). The van der Waals surface area contributed by atoms with E-state index >= 15 is 0 Å². The molecule has 7 nitrogen and oxygen atoms in total. The number of carboxylic acids is 1. The number of thioether (sulfide) groups is 1. The third-order valence-electron chi connectivity index (χ3n) is 4.84. The number of nitrogens with one attached hydrogen (secondary N) is 1. The van der Waals surface area contributed by atoms with Gasteiger partial charge in [0.2, 0.25) is 5.91 Å². The molecule has 2 aromatic carbocycles. The molecule has 1 heterocycles. The molecule has 0 spiro atoms. The van der Waals surface area contributed by atoms with Crippen LogP contribution in [-0.4, -0.2) is 43.8 Å². The number of aromatic hydroxyl groups is 1. The zero-order valence-corrected chi connectivity index (χ0v) is 19.8. The van der Waals surface area contributed by atoms with Crippen LogP contribution in [0.3, 0.4) is 0 Å². The van der Waals surface area contributed by atoms with Gasteiger partial charge in [-0.3, -0.25) is 14.5 Å². The Morgan fingerprint density at radius 3 is 2.52 bits per heavy atom. The molecule has 172 valence electrons. The molecule has 0 atom stereocenters. The van der Waals surface area contributed by atoms with Gasteiger partial charge in [-0.1, -0.05) is 54.1 Å². The molecule has 1 aliphatic heterocycles. The van der Waals surface area contributed by atoms with E-state index in [-0.39, 0.29) is 23.8 Å². The van der Waals surface area contributed by atoms with E-state index in [1.165, 1.54) is 30.0 Å². The summed E-state index contributed by atoms with van der Waals surface area (Å²) < 4.78 is 0.516. The lowest BCUT2D eigenvalue weighted by Crippen LogP contribution is -2.29. The molecule has 1 fully saturated rings. The Labute approximate surface area is 205 Å². The maximum Gasteiger partial charge on any atom is 0.339 e. The molecule has 33 heavy (non-hydrogen) atoms. The first kappa shape index (κ1) is 24.8. The van der Waals surface area contributed by atoms with Gasteiger partial charge in [0.1, 0.15) is 15.6 Å². The first-order valence-corrected chi connectivity index (χ1v) is 11.7. The highest BCUT2D eigenvalue weighted by Gasteiger charge is 2.31. The number of benzene rings is 2. The second-order valence-electron chi connectivity index (χ2n) is 7.28.